The largest absolute Gasteiger partial charge is 0.355 e. The first-order valence-corrected chi connectivity index (χ1v) is 14.3. The normalized spacial score (nSPS) is 12.0. The molecule has 0 saturated heterocycles. The minimum Gasteiger partial charge on any atom is -0.355 e. The summed E-state index contributed by atoms with van der Waals surface area (Å²) in [6.07, 6.45) is 0.511. The summed E-state index contributed by atoms with van der Waals surface area (Å²) in [4.78, 5) is 28.1. The molecule has 1 atom stereocenters. The van der Waals surface area contributed by atoms with Gasteiger partial charge in [0.2, 0.25) is 11.8 Å². The highest BCUT2D eigenvalue weighted by atomic mass is 35.5. The molecule has 2 amide bonds. The van der Waals surface area contributed by atoms with E-state index in [9.17, 15) is 18.0 Å². The van der Waals surface area contributed by atoms with Crippen LogP contribution in [0.2, 0.25) is 5.02 Å². The highest BCUT2D eigenvalue weighted by Gasteiger charge is 2.33. The van der Waals surface area contributed by atoms with Gasteiger partial charge >= 0.3 is 0 Å². The molecule has 0 spiro atoms. The fourth-order valence-electron chi connectivity index (χ4n) is 4.09. The van der Waals surface area contributed by atoms with Crippen LogP contribution in [0.5, 0.6) is 0 Å². The van der Waals surface area contributed by atoms with Crippen LogP contribution in [0.1, 0.15) is 30.5 Å². The number of carbonyl (C=O) groups is 2. The predicted octanol–water partition coefficient (Wildman–Crippen LogP) is 4.75. The molecule has 0 aliphatic heterocycles. The number of rotatable bonds is 11. The van der Waals surface area contributed by atoms with Crippen LogP contribution >= 0.6 is 11.6 Å². The third-order valence-corrected chi connectivity index (χ3v) is 8.34. The number of nitrogens with one attached hydrogen (secondary N) is 1. The Morgan fingerprint density at radius 3 is 2.26 bits per heavy atom. The van der Waals surface area contributed by atoms with Gasteiger partial charge in [0.1, 0.15) is 12.6 Å². The van der Waals surface area contributed by atoms with E-state index in [0.717, 1.165) is 15.4 Å². The molecule has 9 heteroatoms. The van der Waals surface area contributed by atoms with E-state index in [1.54, 1.807) is 45.0 Å². The van der Waals surface area contributed by atoms with E-state index in [0.29, 0.717) is 29.2 Å². The van der Waals surface area contributed by atoms with Gasteiger partial charge in [-0.3, -0.25) is 13.9 Å². The number of hydrogen-bond donors (Lipinski definition) is 1. The lowest BCUT2D eigenvalue weighted by Gasteiger charge is -2.32. The third kappa shape index (κ3) is 7.14. The molecule has 7 nitrogen and oxygen atoms in total. The average molecular weight is 556 g/mol. The Balaban J connectivity index is 2.02. The smallest absolute Gasteiger partial charge is 0.264 e. The van der Waals surface area contributed by atoms with Crippen molar-refractivity contribution in [3.05, 3.63) is 94.5 Å². The Labute approximate surface area is 230 Å². The highest BCUT2D eigenvalue weighted by molar-refractivity contribution is 7.92. The van der Waals surface area contributed by atoms with Crippen molar-refractivity contribution in [2.75, 3.05) is 23.9 Å². The summed E-state index contributed by atoms with van der Waals surface area (Å²) in [6.45, 7) is 7.25. The first-order chi connectivity index (χ1) is 18.0. The molecule has 0 aliphatic carbocycles. The second-order valence-corrected chi connectivity index (χ2v) is 11.4. The second kappa shape index (κ2) is 12.9. The van der Waals surface area contributed by atoms with E-state index in [4.69, 9.17) is 11.6 Å². The zero-order chi connectivity index (χ0) is 27.9. The molecule has 3 aromatic rings. The minimum absolute atomic E-state index is 0.0582. The van der Waals surface area contributed by atoms with Crippen LogP contribution in [-0.2, 0) is 26.0 Å². The first kappa shape index (κ1) is 29.2. The third-order valence-electron chi connectivity index (χ3n) is 6.33. The number of amides is 2. The molecule has 202 valence electrons. The number of hydrogen-bond acceptors (Lipinski definition) is 4. The van der Waals surface area contributed by atoms with Gasteiger partial charge in [0, 0.05) is 18.1 Å². The number of halogens is 1. The molecule has 1 N–H and O–H groups in total. The maximum atomic E-state index is 13.9. The standard InChI is InChI=1S/C29H34ClN3O4S/c1-5-31-29(35)23(4)32(18-17-24-9-7-6-8-10-24)28(34)20-33(27-19-25(30)14-13-22(27)3)38(36,37)26-15-11-21(2)12-16-26/h6-16,19,23H,5,17-18,20H2,1-4H3,(H,31,35)/t23-/m1/s1. The number of benzene rings is 3. The van der Waals surface area contributed by atoms with Gasteiger partial charge in [-0.05, 0) is 69.5 Å². The summed E-state index contributed by atoms with van der Waals surface area (Å²) in [5.74, 6) is -0.796. The summed E-state index contributed by atoms with van der Waals surface area (Å²) in [7, 11) is -4.14. The van der Waals surface area contributed by atoms with Gasteiger partial charge in [-0.1, -0.05) is 65.7 Å². The van der Waals surface area contributed by atoms with Gasteiger partial charge in [0.25, 0.3) is 10.0 Å². The number of aryl methyl sites for hydroxylation is 2. The lowest BCUT2D eigenvalue weighted by atomic mass is 10.1. The van der Waals surface area contributed by atoms with Crippen LogP contribution < -0.4 is 9.62 Å². The molecule has 3 rings (SSSR count). The first-order valence-electron chi connectivity index (χ1n) is 12.5. The number of likely N-dealkylation sites (N-methyl/N-ethyl adjacent to an activating group) is 1. The summed E-state index contributed by atoms with van der Waals surface area (Å²) >= 11 is 6.25. The molecule has 0 aliphatic rings. The van der Waals surface area contributed by atoms with E-state index in [1.165, 1.54) is 23.1 Å². The maximum absolute atomic E-state index is 13.9. The fourth-order valence-corrected chi connectivity index (χ4v) is 5.73. The lowest BCUT2D eigenvalue weighted by molar-refractivity contribution is -0.138. The topological polar surface area (TPSA) is 86.8 Å². The van der Waals surface area contributed by atoms with Crippen molar-refractivity contribution in [3.63, 3.8) is 0 Å². The van der Waals surface area contributed by atoms with Gasteiger partial charge in [-0.15, -0.1) is 0 Å². The van der Waals surface area contributed by atoms with Crippen molar-refractivity contribution in [2.45, 2.75) is 45.1 Å². The molecule has 38 heavy (non-hydrogen) atoms. The molecule has 0 heterocycles. The minimum atomic E-state index is -4.14. The number of carbonyl (C=O) groups excluding carboxylic acids is 2. The summed E-state index contributed by atoms with van der Waals surface area (Å²) < 4.78 is 28.9. The van der Waals surface area contributed by atoms with Gasteiger partial charge in [-0.25, -0.2) is 8.42 Å². The van der Waals surface area contributed by atoms with E-state index < -0.39 is 28.5 Å². The van der Waals surface area contributed by atoms with Crippen LogP contribution in [-0.4, -0.2) is 50.8 Å². The Kier molecular flexibility index (Phi) is 9.94. The number of nitrogens with zero attached hydrogens (tertiary/aromatic N) is 2. The second-order valence-electron chi connectivity index (χ2n) is 9.15. The van der Waals surface area contributed by atoms with E-state index >= 15 is 0 Å². The molecular weight excluding hydrogens is 522 g/mol. The Bertz CT molecular complexity index is 1360. The van der Waals surface area contributed by atoms with Crippen molar-refractivity contribution < 1.29 is 18.0 Å². The van der Waals surface area contributed by atoms with Crippen LogP contribution in [0.3, 0.4) is 0 Å². The van der Waals surface area contributed by atoms with Crippen LogP contribution in [0.15, 0.2) is 77.7 Å². The molecule has 0 aromatic heterocycles. The van der Waals surface area contributed by atoms with Crippen LogP contribution in [0, 0.1) is 13.8 Å². The van der Waals surface area contributed by atoms with E-state index in [2.05, 4.69) is 5.32 Å². The van der Waals surface area contributed by atoms with Crippen LogP contribution in [0.4, 0.5) is 5.69 Å². The summed E-state index contributed by atoms with van der Waals surface area (Å²) in [6, 6.07) is 20.2. The van der Waals surface area contributed by atoms with E-state index in [-0.39, 0.29) is 17.3 Å². The maximum Gasteiger partial charge on any atom is 0.264 e. The van der Waals surface area contributed by atoms with Gasteiger partial charge < -0.3 is 10.2 Å². The number of anilines is 1. The van der Waals surface area contributed by atoms with Crippen molar-refractivity contribution >= 4 is 39.1 Å². The quantitative estimate of drug-likeness (QED) is 0.370. The number of sulfonamides is 1. The Morgan fingerprint density at radius 2 is 1.63 bits per heavy atom. The molecule has 3 aromatic carbocycles. The van der Waals surface area contributed by atoms with E-state index in [1.807, 2.05) is 37.3 Å². The zero-order valence-corrected chi connectivity index (χ0v) is 23.7. The molecule has 0 radical (unpaired) electrons. The molecule has 0 unspecified atom stereocenters. The molecule has 0 bridgehead atoms. The Morgan fingerprint density at radius 1 is 0.974 bits per heavy atom. The SMILES string of the molecule is CCNC(=O)[C@@H](C)N(CCc1ccccc1)C(=O)CN(c1cc(Cl)ccc1C)S(=O)(=O)c1ccc(C)cc1. The van der Waals surface area contributed by atoms with Gasteiger partial charge in [-0.2, -0.15) is 0 Å². The van der Waals surface area contributed by atoms with Gasteiger partial charge in [0.15, 0.2) is 0 Å². The summed E-state index contributed by atoms with van der Waals surface area (Å²) in [5, 5.41) is 3.11. The Hall–Kier alpha value is -3.36. The molecule has 0 fully saturated rings. The fraction of sp³-hybridized carbons (Fsp3) is 0.310. The summed E-state index contributed by atoms with van der Waals surface area (Å²) in [5.41, 5.74) is 2.86. The predicted molar refractivity (Wildman–Crippen MR) is 152 cm³/mol. The molecular formula is C29H34ClN3O4S. The average Bonchev–Trinajstić information content (AvgIpc) is 2.89. The zero-order valence-electron chi connectivity index (χ0n) is 22.1. The highest BCUT2D eigenvalue weighted by Crippen LogP contribution is 2.30. The van der Waals surface area contributed by atoms with Crippen molar-refractivity contribution in [3.8, 4) is 0 Å². The van der Waals surface area contributed by atoms with Crippen LogP contribution in [0.25, 0.3) is 0 Å². The van der Waals surface area contributed by atoms with Crippen molar-refractivity contribution in [1.29, 1.82) is 0 Å². The van der Waals surface area contributed by atoms with Crippen molar-refractivity contribution in [1.82, 2.24) is 10.2 Å². The van der Waals surface area contributed by atoms with Crippen molar-refractivity contribution in [2.24, 2.45) is 0 Å². The molecule has 0 saturated carbocycles. The van der Waals surface area contributed by atoms with Gasteiger partial charge in [0.05, 0.1) is 10.6 Å². The lowest BCUT2D eigenvalue weighted by Crippen LogP contribution is -2.52. The monoisotopic (exact) mass is 555 g/mol.